The molecule has 5 nitrogen and oxygen atoms in total. The van der Waals surface area contributed by atoms with Crippen LogP contribution in [0.4, 0.5) is 0 Å². The average molecular weight is 244 g/mol. The highest BCUT2D eigenvalue weighted by atomic mass is 16.5. The van der Waals surface area contributed by atoms with Gasteiger partial charge >= 0.3 is 5.97 Å². The van der Waals surface area contributed by atoms with Crippen LogP contribution in [-0.4, -0.2) is 52.9 Å². The molecule has 1 fully saturated rings. The lowest BCUT2D eigenvalue weighted by Gasteiger charge is -2.42. The number of hydrogen-bond acceptors (Lipinski definition) is 4. The number of morpholine rings is 1. The van der Waals surface area contributed by atoms with Crippen molar-refractivity contribution in [3.05, 3.63) is 0 Å². The SMILES string of the molecule is CC(CC(C)(N)C(=O)O)N1CCOC(C)(C)C1. The van der Waals surface area contributed by atoms with E-state index < -0.39 is 11.5 Å². The molecule has 0 aromatic heterocycles. The summed E-state index contributed by atoms with van der Waals surface area (Å²) in [6.07, 6.45) is 0.443. The highest BCUT2D eigenvalue weighted by Gasteiger charge is 2.35. The Labute approximate surface area is 103 Å². The molecule has 2 unspecified atom stereocenters. The molecule has 3 N–H and O–H groups in total. The molecule has 100 valence electrons. The Hall–Kier alpha value is -0.650. The first-order valence-corrected chi connectivity index (χ1v) is 6.04. The van der Waals surface area contributed by atoms with Crippen molar-refractivity contribution in [1.29, 1.82) is 0 Å². The molecule has 1 heterocycles. The number of ether oxygens (including phenoxy) is 1. The van der Waals surface area contributed by atoms with Gasteiger partial charge in [-0.2, -0.15) is 0 Å². The zero-order valence-electron chi connectivity index (χ0n) is 11.2. The van der Waals surface area contributed by atoms with E-state index in [1.165, 1.54) is 0 Å². The number of carboxylic acid groups (broad SMARTS) is 1. The third-order valence-electron chi connectivity index (χ3n) is 3.29. The van der Waals surface area contributed by atoms with Gasteiger partial charge in [0.1, 0.15) is 5.54 Å². The fourth-order valence-corrected chi connectivity index (χ4v) is 2.26. The summed E-state index contributed by atoms with van der Waals surface area (Å²) in [7, 11) is 0. The van der Waals surface area contributed by atoms with Crippen LogP contribution in [0.5, 0.6) is 0 Å². The lowest BCUT2D eigenvalue weighted by molar-refractivity contribution is -0.144. The first-order valence-electron chi connectivity index (χ1n) is 6.04. The maximum Gasteiger partial charge on any atom is 0.323 e. The second-order valence-corrected chi connectivity index (χ2v) is 5.85. The van der Waals surface area contributed by atoms with Crippen molar-refractivity contribution >= 4 is 5.97 Å². The Morgan fingerprint density at radius 3 is 2.71 bits per heavy atom. The van der Waals surface area contributed by atoms with E-state index in [0.29, 0.717) is 13.0 Å². The Balaban J connectivity index is 2.58. The molecule has 0 saturated carbocycles. The van der Waals surface area contributed by atoms with Gasteiger partial charge in [0, 0.05) is 19.1 Å². The van der Waals surface area contributed by atoms with Crippen LogP contribution in [0, 0.1) is 0 Å². The van der Waals surface area contributed by atoms with Crippen molar-refractivity contribution in [2.24, 2.45) is 5.73 Å². The molecule has 0 aromatic rings. The Bertz CT molecular complexity index is 289. The topological polar surface area (TPSA) is 75.8 Å². The molecule has 5 heteroatoms. The van der Waals surface area contributed by atoms with Gasteiger partial charge in [0.25, 0.3) is 0 Å². The number of carbonyl (C=O) groups is 1. The van der Waals surface area contributed by atoms with E-state index in [0.717, 1.165) is 13.1 Å². The summed E-state index contributed by atoms with van der Waals surface area (Å²) < 4.78 is 5.63. The summed E-state index contributed by atoms with van der Waals surface area (Å²) in [5.41, 5.74) is 4.45. The quantitative estimate of drug-likeness (QED) is 0.760. The molecule has 0 spiro atoms. The maximum absolute atomic E-state index is 11.0. The van der Waals surface area contributed by atoms with Gasteiger partial charge in [0.2, 0.25) is 0 Å². The van der Waals surface area contributed by atoms with Gasteiger partial charge in [-0.3, -0.25) is 9.69 Å². The number of nitrogens with zero attached hydrogens (tertiary/aromatic N) is 1. The van der Waals surface area contributed by atoms with Crippen LogP contribution in [0.15, 0.2) is 0 Å². The summed E-state index contributed by atoms with van der Waals surface area (Å²) in [6.45, 7) is 10.0. The summed E-state index contributed by atoms with van der Waals surface area (Å²) in [4.78, 5) is 13.2. The zero-order chi connectivity index (χ0) is 13.3. The summed E-state index contributed by atoms with van der Waals surface area (Å²) in [5, 5.41) is 9.02. The third-order valence-corrected chi connectivity index (χ3v) is 3.29. The summed E-state index contributed by atoms with van der Waals surface area (Å²) >= 11 is 0. The molecule has 2 atom stereocenters. The number of nitrogens with two attached hydrogens (primary N) is 1. The Morgan fingerprint density at radius 2 is 2.24 bits per heavy atom. The van der Waals surface area contributed by atoms with Gasteiger partial charge in [0.15, 0.2) is 0 Å². The largest absolute Gasteiger partial charge is 0.480 e. The maximum atomic E-state index is 11.0. The van der Waals surface area contributed by atoms with Crippen molar-refractivity contribution in [2.75, 3.05) is 19.7 Å². The summed E-state index contributed by atoms with van der Waals surface area (Å²) in [6, 6.07) is 0.143. The molecule has 1 aliphatic rings. The number of aliphatic carboxylic acids is 1. The normalized spacial score (nSPS) is 26.2. The van der Waals surface area contributed by atoms with Crippen LogP contribution in [0.3, 0.4) is 0 Å². The zero-order valence-corrected chi connectivity index (χ0v) is 11.2. The second-order valence-electron chi connectivity index (χ2n) is 5.85. The van der Waals surface area contributed by atoms with E-state index in [9.17, 15) is 4.79 Å². The number of rotatable bonds is 4. The molecule has 0 amide bonds. The first-order chi connectivity index (χ1) is 7.64. The van der Waals surface area contributed by atoms with Crippen molar-refractivity contribution in [3.8, 4) is 0 Å². The second kappa shape index (κ2) is 4.92. The highest BCUT2D eigenvalue weighted by Crippen LogP contribution is 2.21. The van der Waals surface area contributed by atoms with Gasteiger partial charge in [-0.1, -0.05) is 0 Å². The van der Waals surface area contributed by atoms with E-state index in [2.05, 4.69) is 4.90 Å². The van der Waals surface area contributed by atoms with Crippen molar-refractivity contribution in [1.82, 2.24) is 4.90 Å². The molecule has 17 heavy (non-hydrogen) atoms. The summed E-state index contributed by atoms with van der Waals surface area (Å²) in [5.74, 6) is -0.947. The van der Waals surface area contributed by atoms with E-state index in [4.69, 9.17) is 15.6 Å². The van der Waals surface area contributed by atoms with Gasteiger partial charge in [-0.15, -0.1) is 0 Å². The van der Waals surface area contributed by atoms with E-state index in [-0.39, 0.29) is 11.6 Å². The third kappa shape index (κ3) is 3.94. The van der Waals surface area contributed by atoms with E-state index in [1.807, 2.05) is 20.8 Å². The molecule has 0 aliphatic carbocycles. The molecular weight excluding hydrogens is 220 g/mol. The smallest absolute Gasteiger partial charge is 0.323 e. The molecule has 0 aromatic carbocycles. The molecule has 1 saturated heterocycles. The minimum absolute atomic E-state index is 0.143. The molecular formula is C12H24N2O3. The fourth-order valence-electron chi connectivity index (χ4n) is 2.26. The van der Waals surface area contributed by atoms with Crippen molar-refractivity contribution in [3.63, 3.8) is 0 Å². The Morgan fingerprint density at radius 1 is 1.65 bits per heavy atom. The lowest BCUT2D eigenvalue weighted by Crippen LogP contribution is -2.55. The van der Waals surface area contributed by atoms with Crippen LogP contribution in [-0.2, 0) is 9.53 Å². The predicted octanol–water partition coefficient (Wildman–Crippen LogP) is 0.678. The Kier molecular flexibility index (Phi) is 4.17. The predicted molar refractivity (Wildman–Crippen MR) is 65.9 cm³/mol. The van der Waals surface area contributed by atoms with Crippen LogP contribution in [0.1, 0.15) is 34.1 Å². The van der Waals surface area contributed by atoms with Gasteiger partial charge in [0.05, 0.1) is 12.2 Å². The van der Waals surface area contributed by atoms with E-state index in [1.54, 1.807) is 6.92 Å². The van der Waals surface area contributed by atoms with Crippen LogP contribution in [0.2, 0.25) is 0 Å². The standard InChI is InChI=1S/C12H24N2O3/c1-9(7-12(4,13)10(15)16)14-5-6-17-11(2,3)8-14/h9H,5-8,13H2,1-4H3,(H,15,16). The number of carboxylic acids is 1. The average Bonchev–Trinajstić information content (AvgIpc) is 2.15. The molecule has 0 bridgehead atoms. The van der Waals surface area contributed by atoms with Crippen molar-refractivity contribution < 1.29 is 14.6 Å². The monoisotopic (exact) mass is 244 g/mol. The minimum Gasteiger partial charge on any atom is -0.480 e. The van der Waals surface area contributed by atoms with Crippen LogP contribution < -0.4 is 5.73 Å². The van der Waals surface area contributed by atoms with Crippen molar-refractivity contribution in [2.45, 2.75) is 51.3 Å². The fraction of sp³-hybridized carbons (Fsp3) is 0.917. The molecule has 1 aliphatic heterocycles. The van der Waals surface area contributed by atoms with Gasteiger partial charge < -0.3 is 15.6 Å². The number of hydrogen-bond donors (Lipinski definition) is 2. The van der Waals surface area contributed by atoms with Gasteiger partial charge in [-0.25, -0.2) is 0 Å². The van der Waals surface area contributed by atoms with E-state index >= 15 is 0 Å². The van der Waals surface area contributed by atoms with Gasteiger partial charge in [-0.05, 0) is 34.1 Å². The minimum atomic E-state index is -1.16. The van der Waals surface area contributed by atoms with Crippen LogP contribution in [0.25, 0.3) is 0 Å². The molecule has 1 rings (SSSR count). The first kappa shape index (κ1) is 14.4. The van der Waals surface area contributed by atoms with Crippen LogP contribution >= 0.6 is 0 Å². The molecule has 0 radical (unpaired) electrons. The lowest BCUT2D eigenvalue weighted by atomic mass is 9.93. The highest BCUT2D eigenvalue weighted by molar-refractivity contribution is 5.77.